The van der Waals surface area contributed by atoms with E-state index in [-0.39, 0.29) is 13.0 Å². The summed E-state index contributed by atoms with van der Waals surface area (Å²) in [5, 5.41) is 47.6. The summed E-state index contributed by atoms with van der Waals surface area (Å²) in [6.45, 7) is -0.379. The van der Waals surface area contributed by atoms with E-state index < -0.39 is 41.7 Å². The minimum atomic E-state index is -1.84. The first-order chi connectivity index (χ1) is 27.9. The SMILES string of the molecule is O[C@@H]([C@H](O)[C@@H](O)C(Cc1ccccc1)OC(c1ccccc1)(c1ccccc1)c1ccccc1)[C@H](O)COC(c1ccccc1)(c1ccccc1)c1ccccc1. The third-order valence-corrected chi connectivity index (χ3v) is 10.6. The predicted molar refractivity (Wildman–Crippen MR) is 223 cm³/mol. The summed E-state index contributed by atoms with van der Waals surface area (Å²) in [6.07, 6.45) is -7.82. The van der Waals surface area contributed by atoms with E-state index in [1.54, 1.807) is 0 Å². The van der Waals surface area contributed by atoms with Crippen LogP contribution in [0.2, 0.25) is 0 Å². The first-order valence-electron chi connectivity index (χ1n) is 19.3. The van der Waals surface area contributed by atoms with E-state index >= 15 is 0 Å². The van der Waals surface area contributed by atoms with Gasteiger partial charge < -0.3 is 29.9 Å². The van der Waals surface area contributed by atoms with Crippen LogP contribution in [0.4, 0.5) is 0 Å². The Bertz CT molecular complexity index is 2010. The maximum Gasteiger partial charge on any atom is 0.144 e. The molecular weight excluding hydrogens is 709 g/mol. The van der Waals surface area contributed by atoms with Crippen molar-refractivity contribution in [3.63, 3.8) is 0 Å². The van der Waals surface area contributed by atoms with Crippen molar-refractivity contribution in [2.24, 2.45) is 0 Å². The van der Waals surface area contributed by atoms with Crippen LogP contribution in [0.25, 0.3) is 0 Å². The summed E-state index contributed by atoms with van der Waals surface area (Å²) in [4.78, 5) is 0. The van der Waals surface area contributed by atoms with E-state index in [9.17, 15) is 20.4 Å². The molecule has 6 nitrogen and oxygen atoms in total. The molecular formula is C51H48O6. The van der Waals surface area contributed by atoms with Gasteiger partial charge in [0.25, 0.3) is 0 Å². The van der Waals surface area contributed by atoms with Gasteiger partial charge in [-0.1, -0.05) is 212 Å². The lowest BCUT2D eigenvalue weighted by Crippen LogP contribution is -2.53. The van der Waals surface area contributed by atoms with Gasteiger partial charge in [-0.2, -0.15) is 0 Å². The molecule has 6 heteroatoms. The van der Waals surface area contributed by atoms with E-state index in [1.165, 1.54) is 0 Å². The van der Waals surface area contributed by atoms with Gasteiger partial charge in [0.1, 0.15) is 35.6 Å². The molecule has 7 aromatic rings. The second-order valence-corrected chi connectivity index (χ2v) is 14.3. The second kappa shape index (κ2) is 18.5. The molecule has 1 unspecified atom stereocenters. The zero-order valence-electron chi connectivity index (χ0n) is 31.6. The average molecular weight is 757 g/mol. The van der Waals surface area contributed by atoms with Gasteiger partial charge in [0.05, 0.1) is 12.7 Å². The molecule has 0 saturated heterocycles. The highest BCUT2D eigenvalue weighted by Gasteiger charge is 2.45. The molecule has 0 heterocycles. The quantitative estimate of drug-likeness (QED) is 0.0703. The van der Waals surface area contributed by atoms with Gasteiger partial charge in [0.15, 0.2) is 0 Å². The van der Waals surface area contributed by atoms with E-state index in [0.717, 1.165) is 38.9 Å². The molecule has 0 aliphatic rings. The maximum atomic E-state index is 12.2. The maximum absolute atomic E-state index is 12.2. The van der Waals surface area contributed by atoms with Crippen LogP contribution < -0.4 is 0 Å². The zero-order chi connectivity index (χ0) is 39.5. The van der Waals surface area contributed by atoms with Gasteiger partial charge in [-0.25, -0.2) is 0 Å². The van der Waals surface area contributed by atoms with Gasteiger partial charge in [0, 0.05) is 6.42 Å². The van der Waals surface area contributed by atoms with Crippen molar-refractivity contribution in [3.05, 3.63) is 251 Å². The zero-order valence-corrected chi connectivity index (χ0v) is 31.6. The van der Waals surface area contributed by atoms with Gasteiger partial charge in [-0.15, -0.1) is 0 Å². The van der Waals surface area contributed by atoms with Gasteiger partial charge in [0.2, 0.25) is 0 Å². The molecule has 0 saturated carbocycles. The molecule has 0 fully saturated rings. The number of hydrogen-bond acceptors (Lipinski definition) is 6. The van der Waals surface area contributed by atoms with Crippen LogP contribution in [-0.4, -0.2) is 57.6 Å². The molecule has 5 atom stereocenters. The Balaban J connectivity index is 1.24. The van der Waals surface area contributed by atoms with Crippen molar-refractivity contribution in [3.8, 4) is 0 Å². The Hall–Kier alpha value is -5.70. The number of benzene rings is 7. The number of rotatable bonds is 17. The first-order valence-corrected chi connectivity index (χ1v) is 19.3. The van der Waals surface area contributed by atoms with Crippen LogP contribution in [0, 0.1) is 0 Å². The second-order valence-electron chi connectivity index (χ2n) is 14.3. The lowest BCUT2D eigenvalue weighted by atomic mass is 9.79. The highest BCUT2D eigenvalue weighted by molar-refractivity contribution is 5.49. The standard InChI is InChI=1S/C51H48O6/c52-45(37-56-50(39-24-10-2-11-25-39,40-26-12-3-13-27-40)41-28-14-4-15-29-41)47(53)49(55)48(54)46(36-38-22-8-1-9-23-38)57-51(42-30-16-5-17-31-42,43-32-18-6-19-33-43)44-34-20-7-21-35-44/h1-35,45-49,52-55H,36-37H2/t45-,46?,47-,48+,49+/m1/s1. The summed E-state index contributed by atoms with van der Waals surface area (Å²) in [6, 6.07) is 68.1. The Labute approximate surface area is 334 Å². The van der Waals surface area contributed by atoms with Crippen molar-refractivity contribution < 1.29 is 29.9 Å². The molecule has 0 bridgehead atoms. The van der Waals surface area contributed by atoms with Crippen LogP contribution in [0.15, 0.2) is 212 Å². The molecule has 7 aromatic carbocycles. The van der Waals surface area contributed by atoms with Crippen LogP contribution >= 0.6 is 0 Å². The average Bonchev–Trinajstić information content (AvgIpc) is 3.29. The molecule has 288 valence electrons. The summed E-state index contributed by atoms with van der Waals surface area (Å²) in [5.74, 6) is 0. The Morgan fingerprint density at radius 1 is 0.351 bits per heavy atom. The number of aliphatic hydroxyl groups excluding tert-OH is 4. The minimum absolute atomic E-state index is 0.186. The molecule has 7 rings (SSSR count). The molecule has 0 aliphatic heterocycles. The smallest absolute Gasteiger partial charge is 0.144 e. The molecule has 0 aliphatic carbocycles. The van der Waals surface area contributed by atoms with E-state index in [4.69, 9.17) is 9.47 Å². The first kappa shape index (κ1) is 39.5. The van der Waals surface area contributed by atoms with Crippen LogP contribution in [0.3, 0.4) is 0 Å². The molecule has 0 aromatic heterocycles. The summed E-state index contributed by atoms with van der Waals surface area (Å²) < 4.78 is 14.0. The molecule has 0 amide bonds. The Kier molecular flexibility index (Phi) is 12.8. The topological polar surface area (TPSA) is 99.4 Å². The predicted octanol–water partition coefficient (Wildman–Crippen LogP) is 8.06. The van der Waals surface area contributed by atoms with Crippen molar-refractivity contribution >= 4 is 0 Å². The van der Waals surface area contributed by atoms with Gasteiger partial charge >= 0.3 is 0 Å². The largest absolute Gasteiger partial charge is 0.388 e. The van der Waals surface area contributed by atoms with E-state index in [0.29, 0.717) is 0 Å². The van der Waals surface area contributed by atoms with Crippen molar-refractivity contribution in [1.29, 1.82) is 0 Å². The van der Waals surface area contributed by atoms with E-state index in [2.05, 4.69) is 0 Å². The molecule has 4 N–H and O–H groups in total. The fourth-order valence-electron chi connectivity index (χ4n) is 7.76. The number of ether oxygens (including phenoxy) is 2. The van der Waals surface area contributed by atoms with Crippen molar-refractivity contribution in [2.45, 2.75) is 48.1 Å². The third kappa shape index (κ3) is 8.53. The fourth-order valence-corrected chi connectivity index (χ4v) is 7.76. The monoisotopic (exact) mass is 756 g/mol. The summed E-state index contributed by atoms with van der Waals surface area (Å²) >= 11 is 0. The van der Waals surface area contributed by atoms with E-state index in [1.807, 2.05) is 212 Å². The normalized spacial score (nSPS) is 14.6. The summed E-state index contributed by atoms with van der Waals surface area (Å²) in [7, 11) is 0. The fraction of sp³-hybridized carbons (Fsp3) is 0.176. The Morgan fingerprint density at radius 3 is 0.982 bits per heavy atom. The van der Waals surface area contributed by atoms with Crippen LogP contribution in [-0.2, 0) is 27.1 Å². The Morgan fingerprint density at radius 2 is 0.649 bits per heavy atom. The van der Waals surface area contributed by atoms with Crippen LogP contribution in [0.5, 0.6) is 0 Å². The van der Waals surface area contributed by atoms with Gasteiger partial charge in [-0.05, 0) is 38.9 Å². The van der Waals surface area contributed by atoms with Crippen molar-refractivity contribution in [2.75, 3.05) is 6.61 Å². The number of aliphatic hydroxyl groups is 4. The highest BCUT2D eigenvalue weighted by Crippen LogP contribution is 2.43. The lowest BCUT2D eigenvalue weighted by molar-refractivity contribution is -0.176. The molecule has 0 radical (unpaired) electrons. The lowest BCUT2D eigenvalue weighted by Gasteiger charge is -2.42. The summed E-state index contributed by atoms with van der Waals surface area (Å²) in [5.41, 5.74) is 3.35. The molecule has 0 spiro atoms. The van der Waals surface area contributed by atoms with Crippen molar-refractivity contribution in [1.82, 2.24) is 0 Å². The number of hydrogen-bond donors (Lipinski definition) is 4. The van der Waals surface area contributed by atoms with Gasteiger partial charge in [-0.3, -0.25) is 0 Å². The highest BCUT2D eigenvalue weighted by atomic mass is 16.5. The van der Waals surface area contributed by atoms with Crippen LogP contribution in [0.1, 0.15) is 38.9 Å². The third-order valence-electron chi connectivity index (χ3n) is 10.6. The molecule has 57 heavy (non-hydrogen) atoms. The minimum Gasteiger partial charge on any atom is -0.388 e.